The van der Waals surface area contributed by atoms with Crippen molar-refractivity contribution in [2.24, 2.45) is 5.92 Å². The van der Waals surface area contributed by atoms with Crippen molar-refractivity contribution < 1.29 is 9.53 Å². The topological polar surface area (TPSA) is 62.1 Å². The highest BCUT2D eigenvalue weighted by Crippen LogP contribution is 2.00. The summed E-state index contributed by atoms with van der Waals surface area (Å²) in [7, 11) is 1.60. The Morgan fingerprint density at radius 1 is 1.75 bits per heavy atom. The first-order chi connectivity index (χ1) is 5.70. The van der Waals surface area contributed by atoms with E-state index in [4.69, 9.17) is 10.00 Å². The lowest BCUT2D eigenvalue weighted by Crippen LogP contribution is -2.26. The third kappa shape index (κ3) is 5.69. The van der Waals surface area contributed by atoms with Gasteiger partial charge in [0.25, 0.3) is 0 Å². The number of carbonyl (C=O) groups is 1. The first kappa shape index (κ1) is 10.9. The van der Waals surface area contributed by atoms with Gasteiger partial charge in [-0.2, -0.15) is 5.26 Å². The minimum atomic E-state index is -0.0962. The molecule has 0 spiro atoms. The van der Waals surface area contributed by atoms with Crippen LogP contribution in [-0.2, 0) is 9.53 Å². The molecule has 4 heteroatoms. The molecular weight excluding hydrogens is 156 g/mol. The monoisotopic (exact) mass is 170 g/mol. The van der Waals surface area contributed by atoms with Crippen LogP contribution in [0.15, 0.2) is 0 Å². The lowest BCUT2D eigenvalue weighted by Gasteiger charge is -2.08. The minimum absolute atomic E-state index is 0.0819. The molecule has 1 N–H and O–H groups in total. The molecule has 0 aromatic carbocycles. The third-order valence-electron chi connectivity index (χ3n) is 1.35. The minimum Gasteiger partial charge on any atom is -0.384 e. The van der Waals surface area contributed by atoms with Gasteiger partial charge in [-0.15, -0.1) is 0 Å². The van der Waals surface area contributed by atoms with Crippen LogP contribution in [0.25, 0.3) is 0 Å². The van der Waals surface area contributed by atoms with Gasteiger partial charge in [-0.05, 0) is 5.92 Å². The Hall–Kier alpha value is -1.08. The van der Waals surface area contributed by atoms with Gasteiger partial charge in [0.15, 0.2) is 0 Å². The van der Waals surface area contributed by atoms with E-state index in [0.717, 1.165) is 0 Å². The van der Waals surface area contributed by atoms with Gasteiger partial charge in [-0.3, -0.25) is 4.79 Å². The zero-order valence-electron chi connectivity index (χ0n) is 7.46. The summed E-state index contributed by atoms with van der Waals surface area (Å²) < 4.78 is 4.86. The van der Waals surface area contributed by atoms with Crippen molar-refractivity contribution in [3.8, 4) is 6.07 Å². The second kappa shape index (κ2) is 6.62. The van der Waals surface area contributed by atoms with E-state index in [2.05, 4.69) is 5.32 Å². The van der Waals surface area contributed by atoms with Crippen molar-refractivity contribution in [2.45, 2.75) is 13.3 Å². The van der Waals surface area contributed by atoms with E-state index in [9.17, 15) is 4.79 Å². The maximum absolute atomic E-state index is 11.0. The highest BCUT2D eigenvalue weighted by atomic mass is 16.5. The number of amides is 1. The molecule has 1 unspecified atom stereocenters. The quantitative estimate of drug-likeness (QED) is 0.603. The summed E-state index contributed by atoms with van der Waals surface area (Å²) in [6.07, 6.45) is 0.412. The van der Waals surface area contributed by atoms with Gasteiger partial charge in [0, 0.05) is 20.1 Å². The van der Waals surface area contributed by atoms with E-state index in [1.54, 1.807) is 7.11 Å². The van der Waals surface area contributed by atoms with E-state index in [1.165, 1.54) is 0 Å². The standard InChI is InChI=1S/C8H14N2O2/c1-7(6-12-2)5-8(11)10-4-3-9/h7H,4-6H2,1-2H3,(H,10,11). The van der Waals surface area contributed by atoms with Gasteiger partial charge < -0.3 is 10.1 Å². The molecule has 4 nitrogen and oxygen atoms in total. The van der Waals surface area contributed by atoms with Crippen LogP contribution in [0.5, 0.6) is 0 Å². The van der Waals surface area contributed by atoms with Crippen molar-refractivity contribution >= 4 is 5.91 Å². The summed E-state index contributed by atoms with van der Waals surface area (Å²) in [5.74, 6) is 0.106. The van der Waals surface area contributed by atoms with Crippen LogP contribution < -0.4 is 5.32 Å². The molecule has 0 saturated carbocycles. The summed E-state index contributed by atoms with van der Waals surface area (Å²) in [6, 6.07) is 1.84. The van der Waals surface area contributed by atoms with Gasteiger partial charge in [0.05, 0.1) is 6.07 Å². The van der Waals surface area contributed by atoms with Crippen molar-refractivity contribution in [2.75, 3.05) is 20.3 Å². The number of ether oxygens (including phenoxy) is 1. The second-order valence-corrected chi connectivity index (χ2v) is 2.70. The van der Waals surface area contributed by atoms with Gasteiger partial charge in [-0.1, -0.05) is 6.92 Å². The summed E-state index contributed by atoms with van der Waals surface area (Å²) >= 11 is 0. The molecule has 12 heavy (non-hydrogen) atoms. The molecule has 0 aromatic rings. The Balaban J connectivity index is 3.48. The Labute approximate surface area is 72.5 Å². The molecule has 0 aromatic heterocycles. The maximum Gasteiger partial charge on any atom is 0.221 e. The number of carbonyl (C=O) groups excluding carboxylic acids is 1. The van der Waals surface area contributed by atoms with Gasteiger partial charge >= 0.3 is 0 Å². The number of nitrogens with one attached hydrogen (secondary N) is 1. The number of hydrogen-bond acceptors (Lipinski definition) is 3. The Morgan fingerprint density at radius 2 is 2.42 bits per heavy atom. The van der Waals surface area contributed by atoms with Crippen LogP contribution in [-0.4, -0.2) is 26.2 Å². The fourth-order valence-electron chi connectivity index (χ4n) is 0.870. The highest BCUT2D eigenvalue weighted by molar-refractivity contribution is 5.76. The largest absolute Gasteiger partial charge is 0.384 e. The first-order valence-corrected chi connectivity index (χ1v) is 3.83. The van der Waals surface area contributed by atoms with Gasteiger partial charge in [-0.25, -0.2) is 0 Å². The maximum atomic E-state index is 11.0. The Morgan fingerprint density at radius 3 is 2.92 bits per heavy atom. The summed E-state index contributed by atoms with van der Waals surface area (Å²) in [5, 5.41) is 10.6. The molecule has 0 radical (unpaired) electrons. The Bertz CT molecular complexity index is 174. The highest BCUT2D eigenvalue weighted by Gasteiger charge is 2.07. The molecule has 68 valence electrons. The number of rotatable bonds is 5. The average Bonchev–Trinajstić information content (AvgIpc) is 2.01. The molecule has 0 rings (SSSR count). The fourth-order valence-corrected chi connectivity index (χ4v) is 0.870. The van der Waals surface area contributed by atoms with Crippen LogP contribution >= 0.6 is 0 Å². The Kier molecular flexibility index (Phi) is 6.02. The lowest BCUT2D eigenvalue weighted by molar-refractivity contribution is -0.122. The predicted octanol–water partition coefficient (Wildman–Crippen LogP) is 0.299. The van der Waals surface area contributed by atoms with E-state index < -0.39 is 0 Å². The molecule has 0 fully saturated rings. The molecule has 1 atom stereocenters. The van der Waals surface area contributed by atoms with Crippen LogP contribution in [0.4, 0.5) is 0 Å². The van der Waals surface area contributed by atoms with E-state index in [0.29, 0.717) is 13.0 Å². The zero-order chi connectivity index (χ0) is 9.40. The van der Waals surface area contributed by atoms with Crippen molar-refractivity contribution in [3.05, 3.63) is 0 Å². The van der Waals surface area contributed by atoms with Crippen molar-refractivity contribution in [1.82, 2.24) is 5.32 Å². The van der Waals surface area contributed by atoms with Gasteiger partial charge in [0.1, 0.15) is 6.54 Å². The van der Waals surface area contributed by atoms with Crippen molar-refractivity contribution in [1.29, 1.82) is 5.26 Å². The van der Waals surface area contributed by atoms with E-state index in [1.807, 2.05) is 13.0 Å². The normalized spacial score (nSPS) is 11.8. The van der Waals surface area contributed by atoms with Crippen LogP contribution in [0.1, 0.15) is 13.3 Å². The van der Waals surface area contributed by atoms with E-state index >= 15 is 0 Å². The number of methoxy groups -OCH3 is 1. The molecule has 0 aliphatic carbocycles. The number of hydrogen-bond donors (Lipinski definition) is 1. The molecular formula is C8H14N2O2. The second-order valence-electron chi connectivity index (χ2n) is 2.70. The number of nitrogens with zero attached hydrogens (tertiary/aromatic N) is 1. The molecule has 0 saturated heterocycles. The van der Waals surface area contributed by atoms with Crippen molar-refractivity contribution in [3.63, 3.8) is 0 Å². The first-order valence-electron chi connectivity index (χ1n) is 3.83. The molecule has 1 amide bonds. The summed E-state index contributed by atoms with van der Waals surface area (Å²) in [5.41, 5.74) is 0. The summed E-state index contributed by atoms with van der Waals surface area (Å²) in [6.45, 7) is 2.58. The lowest BCUT2D eigenvalue weighted by atomic mass is 10.1. The fraction of sp³-hybridized carbons (Fsp3) is 0.750. The smallest absolute Gasteiger partial charge is 0.221 e. The zero-order valence-corrected chi connectivity index (χ0v) is 7.46. The SMILES string of the molecule is COCC(C)CC(=O)NCC#N. The molecule has 0 aliphatic rings. The molecule has 0 bridgehead atoms. The number of nitriles is 1. The summed E-state index contributed by atoms with van der Waals surface area (Å²) in [4.78, 5) is 11.0. The third-order valence-corrected chi connectivity index (χ3v) is 1.35. The molecule has 0 heterocycles. The van der Waals surface area contributed by atoms with Crippen LogP contribution in [0.3, 0.4) is 0 Å². The van der Waals surface area contributed by atoms with Gasteiger partial charge in [0.2, 0.25) is 5.91 Å². The molecule has 0 aliphatic heterocycles. The van der Waals surface area contributed by atoms with E-state index in [-0.39, 0.29) is 18.4 Å². The van der Waals surface area contributed by atoms with Crippen LogP contribution in [0.2, 0.25) is 0 Å². The predicted molar refractivity (Wildman–Crippen MR) is 44.3 cm³/mol. The van der Waals surface area contributed by atoms with Crippen LogP contribution in [0, 0.1) is 17.2 Å². The average molecular weight is 170 g/mol.